The highest BCUT2D eigenvalue weighted by Crippen LogP contribution is 2.23. The van der Waals surface area contributed by atoms with Gasteiger partial charge in [-0.25, -0.2) is 4.98 Å². The summed E-state index contributed by atoms with van der Waals surface area (Å²) in [6.07, 6.45) is 0. The molecule has 0 saturated heterocycles. The van der Waals surface area contributed by atoms with Gasteiger partial charge in [0, 0.05) is 22.9 Å². The molecule has 2 aromatic heterocycles. The van der Waals surface area contributed by atoms with Gasteiger partial charge in [0.2, 0.25) is 0 Å². The van der Waals surface area contributed by atoms with E-state index in [1.54, 1.807) is 6.07 Å². The van der Waals surface area contributed by atoms with Crippen molar-refractivity contribution in [2.24, 2.45) is 0 Å². The summed E-state index contributed by atoms with van der Waals surface area (Å²) in [5, 5.41) is 3.81. The molecule has 0 fully saturated rings. The Kier molecular flexibility index (Phi) is 4.05. The monoisotopic (exact) mass is 397 g/mol. The standard InChI is InChI=1S/C19H16BrN3O2/c1-12-22-15-4-2-3-5-16(15)23(12)9-8-21-19(24)18-11-13-10-14(20)6-7-17(13)25-18/h2-7,10-11H,8-9H2,1H3,(H,21,24). The molecule has 0 aliphatic heterocycles. The van der Waals surface area contributed by atoms with Gasteiger partial charge in [-0.15, -0.1) is 0 Å². The second-order valence-corrected chi connectivity index (χ2v) is 6.76. The Morgan fingerprint density at radius 3 is 2.96 bits per heavy atom. The minimum Gasteiger partial charge on any atom is -0.451 e. The molecule has 0 unspecified atom stereocenters. The number of amides is 1. The maximum atomic E-state index is 12.3. The van der Waals surface area contributed by atoms with Crippen molar-refractivity contribution < 1.29 is 9.21 Å². The highest BCUT2D eigenvalue weighted by molar-refractivity contribution is 9.10. The fourth-order valence-electron chi connectivity index (χ4n) is 2.97. The molecule has 5 nitrogen and oxygen atoms in total. The van der Waals surface area contributed by atoms with Crippen LogP contribution in [0.1, 0.15) is 16.4 Å². The molecule has 1 amide bonds. The van der Waals surface area contributed by atoms with E-state index in [2.05, 4.69) is 30.8 Å². The number of furan rings is 1. The van der Waals surface area contributed by atoms with Crippen LogP contribution in [0.25, 0.3) is 22.0 Å². The second-order valence-electron chi connectivity index (χ2n) is 5.85. The zero-order chi connectivity index (χ0) is 17.4. The molecule has 0 aliphatic rings. The van der Waals surface area contributed by atoms with Gasteiger partial charge in [0.15, 0.2) is 5.76 Å². The normalized spacial score (nSPS) is 11.3. The molecule has 4 rings (SSSR count). The molecule has 0 radical (unpaired) electrons. The first-order chi connectivity index (χ1) is 12.1. The lowest BCUT2D eigenvalue weighted by Crippen LogP contribution is -2.27. The van der Waals surface area contributed by atoms with E-state index in [1.165, 1.54) is 0 Å². The van der Waals surface area contributed by atoms with E-state index >= 15 is 0 Å². The van der Waals surface area contributed by atoms with Crippen molar-refractivity contribution in [3.05, 3.63) is 64.6 Å². The lowest BCUT2D eigenvalue weighted by Gasteiger charge is -2.07. The van der Waals surface area contributed by atoms with Crippen LogP contribution in [0, 0.1) is 6.92 Å². The number of nitrogens with zero attached hydrogens (tertiary/aromatic N) is 2. The fraction of sp³-hybridized carbons (Fsp3) is 0.158. The summed E-state index contributed by atoms with van der Waals surface area (Å²) in [7, 11) is 0. The molecule has 2 aromatic carbocycles. The number of hydrogen-bond acceptors (Lipinski definition) is 3. The third kappa shape index (κ3) is 3.05. The van der Waals surface area contributed by atoms with Crippen molar-refractivity contribution in [2.75, 3.05) is 6.54 Å². The van der Waals surface area contributed by atoms with Crippen molar-refractivity contribution in [2.45, 2.75) is 13.5 Å². The largest absolute Gasteiger partial charge is 0.451 e. The van der Waals surface area contributed by atoms with Crippen LogP contribution < -0.4 is 5.32 Å². The zero-order valence-electron chi connectivity index (χ0n) is 13.6. The minimum atomic E-state index is -0.214. The molecule has 0 saturated carbocycles. The van der Waals surface area contributed by atoms with Crippen LogP contribution in [0.2, 0.25) is 0 Å². The van der Waals surface area contributed by atoms with Crippen LogP contribution >= 0.6 is 15.9 Å². The van der Waals surface area contributed by atoms with Crippen molar-refractivity contribution in [1.29, 1.82) is 0 Å². The molecule has 6 heteroatoms. The smallest absolute Gasteiger partial charge is 0.287 e. The number of nitrogens with one attached hydrogen (secondary N) is 1. The van der Waals surface area contributed by atoms with Crippen LogP contribution in [0.4, 0.5) is 0 Å². The van der Waals surface area contributed by atoms with Gasteiger partial charge >= 0.3 is 0 Å². The average Bonchev–Trinajstić information content (AvgIpc) is 3.15. The van der Waals surface area contributed by atoms with Crippen molar-refractivity contribution in [3.63, 3.8) is 0 Å². The van der Waals surface area contributed by atoms with E-state index in [0.29, 0.717) is 24.4 Å². The summed E-state index contributed by atoms with van der Waals surface area (Å²) in [4.78, 5) is 16.9. The van der Waals surface area contributed by atoms with Gasteiger partial charge in [0.25, 0.3) is 5.91 Å². The van der Waals surface area contributed by atoms with E-state index in [-0.39, 0.29) is 5.91 Å². The Balaban J connectivity index is 1.47. The van der Waals surface area contributed by atoms with Gasteiger partial charge in [-0.2, -0.15) is 0 Å². The SMILES string of the molecule is Cc1nc2ccccc2n1CCNC(=O)c1cc2cc(Br)ccc2o1. The zero-order valence-corrected chi connectivity index (χ0v) is 15.2. The third-order valence-corrected chi connectivity index (χ3v) is 4.66. The van der Waals surface area contributed by atoms with Gasteiger partial charge in [-0.1, -0.05) is 28.1 Å². The Labute approximate surface area is 152 Å². The van der Waals surface area contributed by atoms with Crippen LogP contribution in [0.3, 0.4) is 0 Å². The first-order valence-electron chi connectivity index (χ1n) is 8.01. The summed E-state index contributed by atoms with van der Waals surface area (Å²) in [5.41, 5.74) is 2.74. The highest BCUT2D eigenvalue weighted by Gasteiger charge is 2.13. The average molecular weight is 398 g/mol. The molecule has 0 spiro atoms. The molecular weight excluding hydrogens is 382 g/mol. The van der Waals surface area contributed by atoms with Crippen LogP contribution in [-0.4, -0.2) is 22.0 Å². The third-order valence-electron chi connectivity index (χ3n) is 4.17. The molecule has 0 aliphatic carbocycles. The number of halogens is 1. The number of imidazole rings is 1. The second kappa shape index (κ2) is 6.37. The molecule has 1 N–H and O–H groups in total. The summed E-state index contributed by atoms with van der Waals surface area (Å²) in [6.45, 7) is 3.13. The van der Waals surface area contributed by atoms with E-state index < -0.39 is 0 Å². The number of carbonyl (C=O) groups excluding carboxylic acids is 1. The Hall–Kier alpha value is -2.60. The predicted octanol–water partition coefficient (Wildman–Crippen LogP) is 4.28. The number of para-hydroxylation sites is 2. The lowest BCUT2D eigenvalue weighted by atomic mass is 10.2. The molecule has 126 valence electrons. The number of carbonyl (C=O) groups is 1. The van der Waals surface area contributed by atoms with Gasteiger partial charge in [-0.05, 0) is 43.3 Å². The van der Waals surface area contributed by atoms with Crippen molar-refractivity contribution in [3.8, 4) is 0 Å². The molecule has 0 bridgehead atoms. The van der Waals surface area contributed by atoms with E-state index in [4.69, 9.17) is 4.42 Å². The Morgan fingerprint density at radius 1 is 1.24 bits per heavy atom. The van der Waals surface area contributed by atoms with Gasteiger partial charge in [-0.3, -0.25) is 4.79 Å². The lowest BCUT2D eigenvalue weighted by molar-refractivity contribution is 0.0927. The maximum absolute atomic E-state index is 12.3. The maximum Gasteiger partial charge on any atom is 0.287 e. The first kappa shape index (κ1) is 15.9. The van der Waals surface area contributed by atoms with E-state index in [9.17, 15) is 4.79 Å². The summed E-state index contributed by atoms with van der Waals surface area (Å²) >= 11 is 3.42. The molecule has 0 atom stereocenters. The number of rotatable bonds is 4. The number of aryl methyl sites for hydroxylation is 1. The van der Waals surface area contributed by atoms with E-state index in [0.717, 1.165) is 26.7 Å². The van der Waals surface area contributed by atoms with Crippen LogP contribution in [-0.2, 0) is 6.54 Å². The van der Waals surface area contributed by atoms with Crippen molar-refractivity contribution in [1.82, 2.24) is 14.9 Å². The van der Waals surface area contributed by atoms with Crippen molar-refractivity contribution >= 4 is 43.8 Å². The number of benzene rings is 2. The van der Waals surface area contributed by atoms with E-state index in [1.807, 2.05) is 49.4 Å². The molecule has 4 aromatic rings. The molecule has 25 heavy (non-hydrogen) atoms. The number of fused-ring (bicyclic) bond motifs is 2. The quantitative estimate of drug-likeness (QED) is 0.558. The van der Waals surface area contributed by atoms with Crippen LogP contribution in [0.15, 0.2) is 57.4 Å². The number of aromatic nitrogens is 2. The van der Waals surface area contributed by atoms with Gasteiger partial charge in [0.1, 0.15) is 11.4 Å². The van der Waals surface area contributed by atoms with Crippen LogP contribution in [0.5, 0.6) is 0 Å². The molecular formula is C19H16BrN3O2. The van der Waals surface area contributed by atoms with Gasteiger partial charge in [0.05, 0.1) is 11.0 Å². The first-order valence-corrected chi connectivity index (χ1v) is 8.80. The minimum absolute atomic E-state index is 0.214. The highest BCUT2D eigenvalue weighted by atomic mass is 79.9. The fourth-order valence-corrected chi connectivity index (χ4v) is 3.35. The Bertz CT molecular complexity index is 1080. The molecule has 2 heterocycles. The number of hydrogen-bond donors (Lipinski definition) is 1. The Morgan fingerprint density at radius 2 is 2.08 bits per heavy atom. The summed E-state index contributed by atoms with van der Waals surface area (Å²) < 4.78 is 8.67. The summed E-state index contributed by atoms with van der Waals surface area (Å²) in [5.74, 6) is 1.04. The predicted molar refractivity (Wildman–Crippen MR) is 101 cm³/mol. The topological polar surface area (TPSA) is 60.1 Å². The summed E-state index contributed by atoms with van der Waals surface area (Å²) in [6, 6.07) is 15.4. The van der Waals surface area contributed by atoms with Gasteiger partial charge < -0.3 is 14.3 Å².